The third kappa shape index (κ3) is 5.70. The van der Waals surface area contributed by atoms with Crippen molar-refractivity contribution in [3.05, 3.63) is 42.2 Å². The van der Waals surface area contributed by atoms with Gasteiger partial charge < -0.3 is 14.7 Å². The highest BCUT2D eigenvalue weighted by atomic mass is 16.2. The molecule has 4 rings (SSSR count). The zero-order chi connectivity index (χ0) is 20.8. The number of allylic oxidation sites excluding steroid dienone is 2. The fraction of sp³-hybridized carbons (Fsp3) is 0.680. The maximum Gasteiger partial charge on any atom is 0.226 e. The smallest absolute Gasteiger partial charge is 0.226 e. The SMILES string of the molecule is CN1CCC(N2CCC(CN(Cc3ccncc3)C(=O)C3CC=CCC3)CC2)CC1. The topological polar surface area (TPSA) is 39.7 Å². The van der Waals surface area contributed by atoms with Crippen LogP contribution in [0, 0.1) is 11.8 Å². The lowest BCUT2D eigenvalue weighted by molar-refractivity contribution is -0.137. The zero-order valence-electron chi connectivity index (χ0n) is 18.6. The first kappa shape index (κ1) is 21.5. The molecular weight excluding hydrogens is 372 g/mol. The van der Waals surface area contributed by atoms with Crippen molar-refractivity contribution in [3.63, 3.8) is 0 Å². The molecule has 1 aromatic rings. The van der Waals surface area contributed by atoms with E-state index in [9.17, 15) is 4.79 Å². The van der Waals surface area contributed by atoms with Crippen LogP contribution < -0.4 is 0 Å². The molecule has 5 nitrogen and oxygen atoms in total. The van der Waals surface area contributed by atoms with Crippen LogP contribution in [-0.2, 0) is 11.3 Å². The van der Waals surface area contributed by atoms with E-state index in [0.717, 1.165) is 38.4 Å². The van der Waals surface area contributed by atoms with E-state index >= 15 is 0 Å². The Kier molecular flexibility index (Phi) is 7.56. The summed E-state index contributed by atoms with van der Waals surface area (Å²) in [5, 5.41) is 0. The van der Waals surface area contributed by atoms with Crippen molar-refractivity contribution in [2.75, 3.05) is 39.8 Å². The molecule has 1 aliphatic carbocycles. The van der Waals surface area contributed by atoms with Crippen molar-refractivity contribution in [2.45, 2.75) is 57.5 Å². The number of carbonyl (C=O) groups excluding carboxylic acids is 1. The van der Waals surface area contributed by atoms with Crippen LogP contribution >= 0.6 is 0 Å². The van der Waals surface area contributed by atoms with Crippen molar-refractivity contribution < 1.29 is 4.79 Å². The molecule has 2 aliphatic heterocycles. The van der Waals surface area contributed by atoms with Gasteiger partial charge >= 0.3 is 0 Å². The highest BCUT2D eigenvalue weighted by molar-refractivity contribution is 5.79. The minimum Gasteiger partial charge on any atom is -0.338 e. The van der Waals surface area contributed by atoms with E-state index in [1.807, 2.05) is 24.5 Å². The number of amides is 1. The summed E-state index contributed by atoms with van der Waals surface area (Å²) < 4.78 is 0. The maximum absolute atomic E-state index is 13.4. The van der Waals surface area contributed by atoms with Crippen LogP contribution in [0.4, 0.5) is 0 Å². The predicted octanol–water partition coefficient (Wildman–Crippen LogP) is 3.57. The Morgan fingerprint density at radius 2 is 1.77 bits per heavy atom. The molecule has 0 aromatic carbocycles. The molecule has 3 heterocycles. The standard InChI is InChI=1S/C25H38N4O/c1-27-15-11-24(12-16-27)28-17-9-22(10-18-28)20-29(19-21-7-13-26-14-8-21)25(30)23-5-3-2-4-6-23/h2-3,7-8,13-14,22-24H,4-6,9-12,15-20H2,1H3. The number of hydrogen-bond donors (Lipinski definition) is 0. The quantitative estimate of drug-likeness (QED) is 0.672. The number of rotatable bonds is 6. The summed E-state index contributed by atoms with van der Waals surface area (Å²) in [5.41, 5.74) is 1.19. The first-order chi connectivity index (χ1) is 14.7. The van der Waals surface area contributed by atoms with E-state index in [-0.39, 0.29) is 5.92 Å². The van der Waals surface area contributed by atoms with Gasteiger partial charge in [-0.15, -0.1) is 0 Å². The number of piperidine rings is 2. The summed E-state index contributed by atoms with van der Waals surface area (Å²) in [4.78, 5) is 24.9. The molecule has 5 heteroatoms. The second kappa shape index (κ2) is 10.5. The van der Waals surface area contributed by atoms with Crippen LogP contribution in [0.2, 0.25) is 0 Å². The molecule has 1 unspecified atom stereocenters. The van der Waals surface area contributed by atoms with Gasteiger partial charge in [0.05, 0.1) is 0 Å². The molecule has 0 spiro atoms. The van der Waals surface area contributed by atoms with E-state index in [1.54, 1.807) is 0 Å². The lowest BCUT2D eigenvalue weighted by Gasteiger charge is -2.42. The minimum absolute atomic E-state index is 0.163. The van der Waals surface area contributed by atoms with E-state index in [1.165, 1.54) is 57.4 Å². The number of hydrogen-bond acceptors (Lipinski definition) is 4. The second-order valence-electron chi connectivity index (χ2n) is 9.57. The van der Waals surface area contributed by atoms with Crippen LogP contribution in [0.25, 0.3) is 0 Å². The maximum atomic E-state index is 13.4. The lowest BCUT2D eigenvalue weighted by atomic mass is 9.90. The number of likely N-dealkylation sites (tertiary alicyclic amines) is 2. The van der Waals surface area contributed by atoms with Crippen LogP contribution in [0.15, 0.2) is 36.7 Å². The van der Waals surface area contributed by atoms with E-state index in [0.29, 0.717) is 11.8 Å². The number of nitrogens with zero attached hydrogens (tertiary/aromatic N) is 4. The molecule has 3 aliphatic rings. The molecule has 2 fully saturated rings. The van der Waals surface area contributed by atoms with Gasteiger partial charge in [-0.25, -0.2) is 0 Å². The average molecular weight is 411 g/mol. The Morgan fingerprint density at radius 3 is 2.43 bits per heavy atom. The third-order valence-corrected chi connectivity index (χ3v) is 7.38. The highest BCUT2D eigenvalue weighted by Gasteiger charge is 2.30. The Balaban J connectivity index is 1.34. The Morgan fingerprint density at radius 1 is 1.03 bits per heavy atom. The fourth-order valence-electron chi connectivity index (χ4n) is 5.39. The summed E-state index contributed by atoms with van der Waals surface area (Å²) in [6.07, 6.45) is 16.1. The molecule has 0 bridgehead atoms. The van der Waals surface area contributed by atoms with Crippen LogP contribution in [0.3, 0.4) is 0 Å². The summed E-state index contributed by atoms with van der Waals surface area (Å²) in [5.74, 6) is 1.14. The van der Waals surface area contributed by atoms with Gasteiger partial charge in [0, 0.05) is 37.4 Å². The Hall–Kier alpha value is -1.72. The first-order valence-electron chi connectivity index (χ1n) is 11.9. The number of carbonyl (C=O) groups is 1. The Bertz CT molecular complexity index is 690. The molecule has 1 aromatic heterocycles. The van der Waals surface area contributed by atoms with Gasteiger partial charge in [-0.1, -0.05) is 12.2 Å². The predicted molar refractivity (Wildman–Crippen MR) is 121 cm³/mol. The molecule has 0 N–H and O–H groups in total. The van der Waals surface area contributed by atoms with E-state index in [4.69, 9.17) is 0 Å². The van der Waals surface area contributed by atoms with Crippen molar-refractivity contribution in [1.82, 2.24) is 19.7 Å². The van der Waals surface area contributed by atoms with Gasteiger partial charge in [0.1, 0.15) is 0 Å². The number of pyridine rings is 1. The van der Waals surface area contributed by atoms with Gasteiger partial charge in [-0.05, 0) is 102 Å². The van der Waals surface area contributed by atoms with Gasteiger partial charge in [0.15, 0.2) is 0 Å². The monoisotopic (exact) mass is 410 g/mol. The third-order valence-electron chi connectivity index (χ3n) is 7.38. The first-order valence-corrected chi connectivity index (χ1v) is 11.9. The van der Waals surface area contributed by atoms with Crippen molar-refractivity contribution in [3.8, 4) is 0 Å². The molecule has 164 valence electrons. The van der Waals surface area contributed by atoms with Gasteiger partial charge in [-0.2, -0.15) is 0 Å². The van der Waals surface area contributed by atoms with E-state index < -0.39 is 0 Å². The Labute approximate surface area is 182 Å². The fourth-order valence-corrected chi connectivity index (χ4v) is 5.39. The van der Waals surface area contributed by atoms with Crippen LogP contribution in [-0.4, -0.2) is 71.4 Å². The minimum atomic E-state index is 0.163. The van der Waals surface area contributed by atoms with Gasteiger partial charge in [-0.3, -0.25) is 9.78 Å². The second-order valence-corrected chi connectivity index (χ2v) is 9.57. The molecule has 0 saturated carbocycles. The normalized spacial score (nSPS) is 24.8. The molecule has 0 radical (unpaired) electrons. The number of aromatic nitrogens is 1. The van der Waals surface area contributed by atoms with Crippen LogP contribution in [0.5, 0.6) is 0 Å². The average Bonchev–Trinajstić information content (AvgIpc) is 2.80. The van der Waals surface area contributed by atoms with Gasteiger partial charge in [0.25, 0.3) is 0 Å². The van der Waals surface area contributed by atoms with E-state index in [2.05, 4.69) is 38.9 Å². The summed E-state index contributed by atoms with van der Waals surface area (Å²) >= 11 is 0. The zero-order valence-corrected chi connectivity index (χ0v) is 18.6. The molecule has 30 heavy (non-hydrogen) atoms. The van der Waals surface area contributed by atoms with Crippen molar-refractivity contribution in [2.24, 2.45) is 11.8 Å². The van der Waals surface area contributed by atoms with Crippen molar-refractivity contribution in [1.29, 1.82) is 0 Å². The lowest BCUT2D eigenvalue weighted by Crippen LogP contribution is -2.48. The molecular formula is C25H38N4O. The summed E-state index contributed by atoms with van der Waals surface area (Å²) in [7, 11) is 2.24. The molecule has 1 atom stereocenters. The summed E-state index contributed by atoms with van der Waals surface area (Å²) in [6.45, 7) is 6.48. The molecule has 2 saturated heterocycles. The molecule has 1 amide bonds. The van der Waals surface area contributed by atoms with Crippen molar-refractivity contribution >= 4 is 5.91 Å². The largest absolute Gasteiger partial charge is 0.338 e. The summed E-state index contributed by atoms with van der Waals surface area (Å²) in [6, 6.07) is 4.86. The van der Waals surface area contributed by atoms with Crippen LogP contribution in [0.1, 0.15) is 50.5 Å². The highest BCUT2D eigenvalue weighted by Crippen LogP contribution is 2.27. The van der Waals surface area contributed by atoms with Gasteiger partial charge in [0.2, 0.25) is 5.91 Å².